The van der Waals surface area contributed by atoms with Crippen LogP contribution in [-0.2, 0) is 9.59 Å². The van der Waals surface area contributed by atoms with Gasteiger partial charge in [0.2, 0.25) is 0 Å². The lowest BCUT2D eigenvalue weighted by Gasteiger charge is -2.26. The minimum Gasteiger partial charge on any atom is -0.507 e. The van der Waals surface area contributed by atoms with Crippen LogP contribution in [0.5, 0.6) is 0 Å². The average molecular weight is 481 g/mol. The molecule has 8 heteroatoms. The zero-order valence-electron chi connectivity index (χ0n) is 16.9. The van der Waals surface area contributed by atoms with Crippen molar-refractivity contribution in [1.82, 2.24) is 4.98 Å². The topological polar surface area (TPSA) is 73.4 Å². The summed E-state index contributed by atoms with van der Waals surface area (Å²) in [5.74, 6) is -2.87. The predicted octanol–water partition coefficient (Wildman–Crippen LogP) is 6.24. The molecule has 1 amide bonds. The summed E-state index contributed by atoms with van der Waals surface area (Å²) in [5, 5.41) is 12.4. The largest absolute Gasteiger partial charge is 0.507 e. The van der Waals surface area contributed by atoms with Crippen LogP contribution in [0, 0.1) is 5.82 Å². The molecule has 5 nitrogen and oxygen atoms in total. The zero-order chi connectivity index (χ0) is 23.3. The van der Waals surface area contributed by atoms with Crippen LogP contribution < -0.4 is 4.90 Å². The number of halogens is 3. The normalized spacial score (nSPS) is 17.8. The van der Waals surface area contributed by atoms with Gasteiger partial charge in [0.05, 0.1) is 21.7 Å². The Bertz CT molecular complexity index is 1480. The molecule has 1 atom stereocenters. The minimum absolute atomic E-state index is 0.0594. The number of aromatic amines is 1. The molecule has 0 aliphatic carbocycles. The SMILES string of the molecule is O=C1C(=O)N(c2ccc(Cl)c(Cl)c2)C(c2ccccc2F)/C1=C(\O)c1c[nH]c2ccccc12. The van der Waals surface area contributed by atoms with Gasteiger partial charge < -0.3 is 10.1 Å². The number of carbonyl (C=O) groups excluding carboxylic acids is 2. The lowest BCUT2D eigenvalue weighted by Crippen LogP contribution is -2.29. The quantitative estimate of drug-likeness (QED) is 0.207. The molecule has 2 N–H and O–H groups in total. The van der Waals surface area contributed by atoms with Crippen LogP contribution in [-0.4, -0.2) is 21.8 Å². The predicted molar refractivity (Wildman–Crippen MR) is 126 cm³/mol. The first-order chi connectivity index (χ1) is 15.9. The summed E-state index contributed by atoms with van der Waals surface area (Å²) in [6.07, 6.45) is 1.55. The summed E-state index contributed by atoms with van der Waals surface area (Å²) in [4.78, 5) is 30.5. The molecular weight excluding hydrogens is 466 g/mol. The molecule has 1 fully saturated rings. The van der Waals surface area contributed by atoms with Gasteiger partial charge in [-0.2, -0.15) is 0 Å². The van der Waals surface area contributed by atoms with Gasteiger partial charge in [-0.1, -0.05) is 59.6 Å². The van der Waals surface area contributed by atoms with E-state index >= 15 is 0 Å². The molecule has 0 bridgehead atoms. The smallest absolute Gasteiger partial charge is 0.300 e. The maximum Gasteiger partial charge on any atom is 0.300 e. The molecule has 1 unspecified atom stereocenters. The molecule has 33 heavy (non-hydrogen) atoms. The number of fused-ring (bicyclic) bond motifs is 1. The Morgan fingerprint density at radius 2 is 1.70 bits per heavy atom. The van der Waals surface area contributed by atoms with E-state index in [9.17, 15) is 19.1 Å². The summed E-state index contributed by atoms with van der Waals surface area (Å²) in [6, 6.07) is 16.2. The summed E-state index contributed by atoms with van der Waals surface area (Å²) < 4.78 is 15.0. The molecule has 0 spiro atoms. The Labute approximate surface area is 197 Å². The van der Waals surface area contributed by atoms with E-state index in [1.54, 1.807) is 24.4 Å². The van der Waals surface area contributed by atoms with Crippen molar-refractivity contribution in [3.63, 3.8) is 0 Å². The third-order valence-electron chi connectivity index (χ3n) is 5.67. The van der Waals surface area contributed by atoms with Crippen LogP contribution in [0.2, 0.25) is 10.0 Å². The number of anilines is 1. The minimum atomic E-state index is -1.21. The van der Waals surface area contributed by atoms with Gasteiger partial charge in [-0.05, 0) is 30.3 Å². The van der Waals surface area contributed by atoms with E-state index < -0.39 is 29.3 Å². The van der Waals surface area contributed by atoms with Gasteiger partial charge in [-0.25, -0.2) is 4.39 Å². The number of Topliss-reactive ketones (excluding diaryl/α,β-unsaturated/α-hetero) is 1. The number of carbonyl (C=O) groups is 2. The number of ketones is 1. The number of rotatable bonds is 3. The number of hydrogen-bond acceptors (Lipinski definition) is 3. The number of nitrogens with zero attached hydrogens (tertiary/aromatic N) is 1. The monoisotopic (exact) mass is 480 g/mol. The highest BCUT2D eigenvalue weighted by molar-refractivity contribution is 6.52. The van der Waals surface area contributed by atoms with Crippen molar-refractivity contribution >= 4 is 57.2 Å². The second-order valence-electron chi connectivity index (χ2n) is 7.54. The first kappa shape index (κ1) is 21.2. The highest BCUT2D eigenvalue weighted by Crippen LogP contribution is 2.44. The van der Waals surface area contributed by atoms with Gasteiger partial charge in [0, 0.05) is 33.9 Å². The number of amides is 1. The van der Waals surface area contributed by atoms with Gasteiger partial charge in [-0.3, -0.25) is 14.5 Å². The maximum absolute atomic E-state index is 15.0. The molecule has 5 rings (SSSR count). The lowest BCUT2D eigenvalue weighted by atomic mass is 9.94. The molecule has 2 heterocycles. The number of para-hydroxylation sites is 1. The van der Waals surface area contributed by atoms with E-state index in [0.717, 1.165) is 10.4 Å². The third-order valence-corrected chi connectivity index (χ3v) is 6.41. The van der Waals surface area contributed by atoms with Gasteiger partial charge in [0.25, 0.3) is 11.7 Å². The second kappa shape index (κ2) is 8.06. The van der Waals surface area contributed by atoms with Crippen molar-refractivity contribution in [2.24, 2.45) is 0 Å². The lowest BCUT2D eigenvalue weighted by molar-refractivity contribution is -0.132. The number of nitrogens with one attached hydrogen (secondary N) is 1. The summed E-state index contributed by atoms with van der Waals surface area (Å²) >= 11 is 12.2. The van der Waals surface area contributed by atoms with Crippen molar-refractivity contribution in [3.05, 3.63) is 105 Å². The molecule has 0 radical (unpaired) electrons. The number of aliphatic hydroxyl groups excluding tert-OH is 1. The van der Waals surface area contributed by atoms with Crippen LogP contribution >= 0.6 is 23.2 Å². The van der Waals surface area contributed by atoms with Gasteiger partial charge in [0.1, 0.15) is 11.6 Å². The fourth-order valence-electron chi connectivity index (χ4n) is 4.14. The van der Waals surface area contributed by atoms with E-state index in [2.05, 4.69) is 4.98 Å². The van der Waals surface area contributed by atoms with Gasteiger partial charge in [0.15, 0.2) is 0 Å². The highest BCUT2D eigenvalue weighted by Gasteiger charge is 2.48. The fraction of sp³-hybridized carbons (Fsp3) is 0.0400. The molecule has 164 valence electrons. The molecule has 3 aromatic carbocycles. The standard InChI is InChI=1S/C25H15Cl2FN2O3/c26-17-10-9-13(11-18(17)27)30-22(15-6-1-3-7-19(15)28)21(24(32)25(30)33)23(31)16-12-29-20-8-4-2-5-14(16)20/h1-12,22,29,31H/b23-21+. The summed E-state index contributed by atoms with van der Waals surface area (Å²) in [5.41, 5.74) is 1.15. The first-order valence-electron chi connectivity index (χ1n) is 9.95. The Morgan fingerprint density at radius 3 is 2.45 bits per heavy atom. The summed E-state index contributed by atoms with van der Waals surface area (Å²) in [7, 11) is 0. The molecular formula is C25H15Cl2FN2O3. The van der Waals surface area contributed by atoms with Crippen molar-refractivity contribution in [1.29, 1.82) is 0 Å². The number of benzene rings is 3. The van der Waals surface area contributed by atoms with Crippen LogP contribution in [0.3, 0.4) is 0 Å². The molecule has 4 aromatic rings. The van der Waals surface area contributed by atoms with E-state index in [1.165, 1.54) is 36.4 Å². The van der Waals surface area contributed by atoms with Crippen LogP contribution in [0.4, 0.5) is 10.1 Å². The number of hydrogen-bond donors (Lipinski definition) is 2. The van der Waals surface area contributed by atoms with Gasteiger partial charge in [-0.15, -0.1) is 0 Å². The first-order valence-corrected chi connectivity index (χ1v) is 10.7. The maximum atomic E-state index is 15.0. The van der Waals surface area contributed by atoms with Crippen LogP contribution in [0.25, 0.3) is 16.7 Å². The van der Waals surface area contributed by atoms with E-state index in [1.807, 2.05) is 12.1 Å². The molecule has 0 saturated carbocycles. The fourth-order valence-corrected chi connectivity index (χ4v) is 4.43. The van der Waals surface area contributed by atoms with E-state index in [0.29, 0.717) is 10.9 Å². The second-order valence-corrected chi connectivity index (χ2v) is 8.35. The Hall–Kier alpha value is -3.61. The molecule has 1 saturated heterocycles. The number of aliphatic hydroxyl groups is 1. The highest BCUT2D eigenvalue weighted by atomic mass is 35.5. The van der Waals surface area contributed by atoms with E-state index in [4.69, 9.17) is 23.2 Å². The van der Waals surface area contributed by atoms with Crippen LogP contribution in [0.1, 0.15) is 17.2 Å². The van der Waals surface area contributed by atoms with Crippen molar-refractivity contribution in [3.8, 4) is 0 Å². The number of aromatic nitrogens is 1. The van der Waals surface area contributed by atoms with Crippen molar-refractivity contribution in [2.75, 3.05) is 4.90 Å². The van der Waals surface area contributed by atoms with Crippen LogP contribution in [0.15, 0.2) is 78.5 Å². The molecule has 1 aliphatic rings. The third kappa shape index (κ3) is 3.39. The Kier molecular flexibility index (Phi) is 5.19. The molecule has 1 aromatic heterocycles. The van der Waals surface area contributed by atoms with E-state index in [-0.39, 0.29) is 26.9 Å². The summed E-state index contributed by atoms with van der Waals surface area (Å²) in [6.45, 7) is 0. The van der Waals surface area contributed by atoms with Crippen molar-refractivity contribution < 1.29 is 19.1 Å². The zero-order valence-corrected chi connectivity index (χ0v) is 18.4. The molecule has 1 aliphatic heterocycles. The Balaban J connectivity index is 1.78. The van der Waals surface area contributed by atoms with Gasteiger partial charge >= 0.3 is 0 Å². The number of H-pyrrole nitrogens is 1. The van der Waals surface area contributed by atoms with Crippen molar-refractivity contribution in [2.45, 2.75) is 6.04 Å². The average Bonchev–Trinajstić information content (AvgIpc) is 3.35. The Morgan fingerprint density at radius 1 is 0.970 bits per heavy atom.